The highest BCUT2D eigenvalue weighted by Crippen LogP contribution is 2.25. The average molecular weight is 625 g/mol. The zero-order valence-electron chi connectivity index (χ0n) is 26.2. The molecule has 2 amide bonds. The third-order valence-electron chi connectivity index (χ3n) is 7.27. The second-order valence-corrected chi connectivity index (χ2v) is 10.9. The molecule has 0 heterocycles. The maximum Gasteiger partial charge on any atom is 0.257 e. The molecule has 0 atom stereocenters. The number of ether oxygens (including phenoxy) is 2. The molecule has 0 saturated heterocycles. The summed E-state index contributed by atoms with van der Waals surface area (Å²) in [5, 5.41) is 4.62. The van der Waals surface area contributed by atoms with Crippen LogP contribution in [0.2, 0.25) is 0 Å². The normalized spacial score (nSPS) is 11.0. The number of hydrogen-bond donors (Lipinski definition) is 2. The van der Waals surface area contributed by atoms with Crippen molar-refractivity contribution in [2.75, 3.05) is 26.3 Å². The Kier molecular flexibility index (Phi) is 17.9. The minimum absolute atomic E-state index is 0.226. The molecular weight excluding hydrogens is 576 g/mol. The Morgan fingerprint density at radius 3 is 1.25 bits per heavy atom. The summed E-state index contributed by atoms with van der Waals surface area (Å²) >= 11 is 0. The second-order valence-electron chi connectivity index (χ2n) is 10.9. The summed E-state index contributed by atoms with van der Waals surface area (Å²) < 4.78 is 69.3. The Hall–Kier alpha value is -3.30. The molecule has 2 N–H and O–H groups in total. The van der Waals surface area contributed by atoms with Gasteiger partial charge in [0.1, 0.15) is 22.8 Å². The molecule has 6 nitrogen and oxygen atoms in total. The molecule has 0 radical (unpaired) electrons. The van der Waals surface area contributed by atoms with Crippen LogP contribution in [0.4, 0.5) is 17.6 Å². The summed E-state index contributed by atoms with van der Waals surface area (Å²) in [6.45, 7) is 4.28. The topological polar surface area (TPSA) is 76.7 Å². The second kappa shape index (κ2) is 21.4. The van der Waals surface area contributed by atoms with Crippen LogP contribution < -0.4 is 20.1 Å². The van der Waals surface area contributed by atoms with Gasteiger partial charge in [-0.2, -0.15) is 0 Å². The van der Waals surface area contributed by atoms with Crippen molar-refractivity contribution in [3.8, 4) is 11.5 Å². The average Bonchev–Trinajstić information content (AvgIpc) is 3.00. The van der Waals surface area contributed by atoms with Crippen LogP contribution >= 0.6 is 0 Å². The number of nitrogens with one attached hydrogen (secondary N) is 2. The number of rotatable bonds is 23. The predicted octanol–water partition coefficient (Wildman–Crippen LogP) is 8.66. The fourth-order valence-corrected chi connectivity index (χ4v) is 4.72. The molecule has 2 rings (SSSR count). The van der Waals surface area contributed by atoms with Gasteiger partial charge in [0.15, 0.2) is 23.1 Å². The quantitative estimate of drug-likeness (QED) is 0.0959. The molecule has 10 heteroatoms. The van der Waals surface area contributed by atoms with Crippen LogP contribution in [0.15, 0.2) is 24.3 Å². The number of unbranched alkanes of at least 4 members (excludes halogenated alkanes) is 12. The van der Waals surface area contributed by atoms with E-state index in [2.05, 4.69) is 24.5 Å². The zero-order chi connectivity index (χ0) is 32.2. The number of benzene rings is 2. The Bertz CT molecular complexity index is 1070. The lowest BCUT2D eigenvalue weighted by atomic mass is 10.1. The van der Waals surface area contributed by atoms with Gasteiger partial charge in [-0.05, 0) is 37.1 Å². The summed E-state index contributed by atoms with van der Waals surface area (Å²) in [4.78, 5) is 25.0. The first kappa shape index (κ1) is 36.9. The van der Waals surface area contributed by atoms with Crippen LogP contribution in [-0.2, 0) is 0 Å². The summed E-state index contributed by atoms with van der Waals surface area (Å²) in [6, 6.07) is 4.18. The minimum Gasteiger partial charge on any atom is -0.490 e. The van der Waals surface area contributed by atoms with E-state index in [1.807, 2.05) is 0 Å². The van der Waals surface area contributed by atoms with Crippen molar-refractivity contribution in [3.63, 3.8) is 0 Å². The smallest absolute Gasteiger partial charge is 0.257 e. The van der Waals surface area contributed by atoms with Gasteiger partial charge >= 0.3 is 0 Å². The van der Waals surface area contributed by atoms with E-state index in [1.54, 1.807) is 0 Å². The number of carbonyl (C=O) groups excluding carboxylic acids is 2. The van der Waals surface area contributed by atoms with Crippen molar-refractivity contribution in [2.45, 2.75) is 104 Å². The molecule has 0 bridgehead atoms. The van der Waals surface area contributed by atoms with Gasteiger partial charge in [-0.15, -0.1) is 0 Å². The van der Waals surface area contributed by atoms with Crippen molar-refractivity contribution < 1.29 is 36.6 Å². The highest BCUT2D eigenvalue weighted by atomic mass is 19.1. The van der Waals surface area contributed by atoms with E-state index in [0.29, 0.717) is 12.8 Å². The molecule has 2 aromatic carbocycles. The van der Waals surface area contributed by atoms with Gasteiger partial charge in [-0.3, -0.25) is 9.59 Å². The highest BCUT2D eigenvalue weighted by molar-refractivity contribution is 5.96. The van der Waals surface area contributed by atoms with Crippen LogP contribution in [0.3, 0.4) is 0 Å². The lowest BCUT2D eigenvalue weighted by molar-refractivity contribution is 0.0917. The number of halogens is 4. The van der Waals surface area contributed by atoms with Gasteiger partial charge in [-0.1, -0.05) is 90.9 Å². The summed E-state index contributed by atoms with van der Waals surface area (Å²) in [7, 11) is 0. The Balaban J connectivity index is 1.81. The van der Waals surface area contributed by atoms with Crippen LogP contribution in [0, 0.1) is 23.3 Å². The van der Waals surface area contributed by atoms with E-state index in [0.717, 1.165) is 62.8 Å². The highest BCUT2D eigenvalue weighted by Gasteiger charge is 2.23. The van der Waals surface area contributed by atoms with Gasteiger partial charge in [0.25, 0.3) is 11.8 Å². The number of amides is 2. The fourth-order valence-electron chi connectivity index (χ4n) is 4.72. The van der Waals surface area contributed by atoms with Crippen molar-refractivity contribution in [1.82, 2.24) is 10.6 Å². The SMILES string of the molecule is CCCCCCCCCOc1ccc(F)c(C(=O)NCCNC(=O)c2c(F)ccc(OCCCCCCCCC)c2F)c1F. The number of hydrogen-bond acceptors (Lipinski definition) is 4. The molecule has 0 aromatic heterocycles. The third kappa shape index (κ3) is 12.7. The Morgan fingerprint density at radius 2 is 0.886 bits per heavy atom. The van der Waals surface area contributed by atoms with Crippen molar-refractivity contribution in [1.29, 1.82) is 0 Å². The molecule has 0 spiro atoms. The Labute approximate surface area is 259 Å². The fraction of sp³-hybridized carbons (Fsp3) is 0.588. The maximum absolute atomic E-state index is 14.9. The molecular formula is C34H48F4N2O4. The molecule has 0 fully saturated rings. The predicted molar refractivity (Wildman–Crippen MR) is 164 cm³/mol. The van der Waals surface area contributed by atoms with Crippen LogP contribution in [0.25, 0.3) is 0 Å². The minimum atomic E-state index is -1.12. The first-order valence-corrected chi connectivity index (χ1v) is 16.1. The van der Waals surface area contributed by atoms with Crippen LogP contribution in [-0.4, -0.2) is 38.1 Å². The molecule has 0 aliphatic heterocycles. The molecule has 0 aliphatic rings. The van der Waals surface area contributed by atoms with Gasteiger partial charge in [0.2, 0.25) is 0 Å². The van der Waals surface area contributed by atoms with E-state index in [4.69, 9.17) is 9.47 Å². The Morgan fingerprint density at radius 1 is 0.545 bits per heavy atom. The summed E-state index contributed by atoms with van der Waals surface area (Å²) in [6.07, 6.45) is 14.7. The van der Waals surface area contributed by atoms with Gasteiger partial charge in [-0.25, -0.2) is 17.6 Å². The van der Waals surface area contributed by atoms with E-state index >= 15 is 0 Å². The van der Waals surface area contributed by atoms with Gasteiger partial charge in [0, 0.05) is 13.1 Å². The van der Waals surface area contributed by atoms with E-state index < -0.39 is 46.2 Å². The van der Waals surface area contributed by atoms with Crippen LogP contribution in [0.1, 0.15) is 124 Å². The maximum atomic E-state index is 14.9. The molecule has 0 unspecified atom stereocenters. The van der Waals surface area contributed by atoms with Gasteiger partial charge < -0.3 is 20.1 Å². The van der Waals surface area contributed by atoms with Crippen LogP contribution in [0.5, 0.6) is 11.5 Å². The summed E-state index contributed by atoms with van der Waals surface area (Å²) in [5.74, 6) is -6.91. The largest absolute Gasteiger partial charge is 0.490 e. The third-order valence-corrected chi connectivity index (χ3v) is 7.27. The number of carbonyl (C=O) groups is 2. The molecule has 0 saturated carbocycles. The van der Waals surface area contributed by atoms with E-state index in [1.165, 1.54) is 38.5 Å². The molecule has 44 heavy (non-hydrogen) atoms. The molecule has 2 aromatic rings. The lowest BCUT2D eigenvalue weighted by Crippen LogP contribution is -2.36. The first-order chi connectivity index (χ1) is 21.3. The monoisotopic (exact) mass is 624 g/mol. The van der Waals surface area contributed by atoms with Crippen molar-refractivity contribution >= 4 is 11.8 Å². The van der Waals surface area contributed by atoms with Crippen molar-refractivity contribution in [3.05, 3.63) is 58.7 Å². The van der Waals surface area contributed by atoms with E-state index in [-0.39, 0.29) is 37.8 Å². The lowest BCUT2D eigenvalue weighted by Gasteiger charge is -2.13. The standard InChI is InChI=1S/C34H48F4N2O4/c1-3-5-7-9-11-13-15-23-43-27-19-17-25(35)29(31(27)37)33(41)39-21-22-40-34(42)30-26(36)18-20-28(32(30)38)44-24-16-14-12-10-8-6-4-2/h17-20H,3-16,21-24H2,1-2H3,(H,39,41)(H,40,42). The van der Waals surface area contributed by atoms with E-state index in [9.17, 15) is 27.2 Å². The van der Waals surface area contributed by atoms with Gasteiger partial charge in [0.05, 0.1) is 13.2 Å². The zero-order valence-corrected chi connectivity index (χ0v) is 26.2. The molecule has 0 aliphatic carbocycles. The van der Waals surface area contributed by atoms with Crippen molar-refractivity contribution in [2.24, 2.45) is 0 Å². The molecule has 246 valence electrons. The first-order valence-electron chi connectivity index (χ1n) is 16.1. The summed E-state index contributed by atoms with van der Waals surface area (Å²) in [5.41, 5.74) is -1.62.